The lowest BCUT2D eigenvalue weighted by Gasteiger charge is -2.12. The van der Waals surface area contributed by atoms with Crippen molar-refractivity contribution in [3.8, 4) is 0 Å². The van der Waals surface area contributed by atoms with Gasteiger partial charge < -0.3 is 5.32 Å². The average Bonchev–Trinajstić information content (AvgIpc) is 2.37. The van der Waals surface area contributed by atoms with Crippen LogP contribution in [-0.2, 0) is 12.7 Å². The van der Waals surface area contributed by atoms with Crippen LogP contribution in [0.4, 0.5) is 18.9 Å². The van der Waals surface area contributed by atoms with Crippen LogP contribution in [0, 0.1) is 0 Å². The highest BCUT2D eigenvalue weighted by Crippen LogP contribution is 2.34. The van der Waals surface area contributed by atoms with Crippen LogP contribution in [0.25, 0.3) is 0 Å². The Bertz CT molecular complexity index is 616. The fourth-order valence-corrected chi connectivity index (χ4v) is 2.66. The van der Waals surface area contributed by atoms with E-state index in [2.05, 4.69) is 5.32 Å². The number of rotatable bonds is 3. The van der Waals surface area contributed by atoms with Crippen LogP contribution < -0.4 is 5.32 Å². The van der Waals surface area contributed by atoms with Gasteiger partial charge in [0.15, 0.2) is 0 Å². The van der Waals surface area contributed by atoms with Crippen molar-refractivity contribution in [1.29, 1.82) is 0 Å². The van der Waals surface area contributed by atoms with Gasteiger partial charge in [0.1, 0.15) is 0 Å². The van der Waals surface area contributed by atoms with Crippen molar-refractivity contribution in [1.82, 2.24) is 0 Å². The standard InChI is InChI=1S/C14H9Cl3F3N/c15-10-5-11(16)13(12(17)6-10)21-7-8-1-3-9(4-2-8)14(18,19)20/h1-6,21H,7H2. The molecule has 0 heterocycles. The number of benzene rings is 2. The first-order valence-corrected chi connectivity index (χ1v) is 6.95. The molecule has 0 aliphatic carbocycles. The molecule has 0 aliphatic rings. The molecule has 0 radical (unpaired) electrons. The first-order valence-electron chi connectivity index (χ1n) is 5.82. The van der Waals surface area contributed by atoms with Gasteiger partial charge in [-0.05, 0) is 29.8 Å². The van der Waals surface area contributed by atoms with Crippen LogP contribution in [0.15, 0.2) is 36.4 Å². The largest absolute Gasteiger partial charge is 0.416 e. The molecule has 0 fully saturated rings. The Morgan fingerprint density at radius 3 is 1.90 bits per heavy atom. The number of halogens is 6. The monoisotopic (exact) mass is 353 g/mol. The summed E-state index contributed by atoms with van der Waals surface area (Å²) in [6.07, 6.45) is -4.34. The molecular formula is C14H9Cl3F3N. The minimum absolute atomic E-state index is 0.291. The molecule has 112 valence electrons. The maximum Gasteiger partial charge on any atom is 0.416 e. The van der Waals surface area contributed by atoms with Gasteiger partial charge in [0, 0.05) is 11.6 Å². The van der Waals surface area contributed by atoms with E-state index in [1.54, 1.807) is 0 Å². The second-order valence-corrected chi connectivity index (χ2v) is 5.54. The third kappa shape index (κ3) is 4.19. The van der Waals surface area contributed by atoms with E-state index in [9.17, 15) is 13.2 Å². The van der Waals surface area contributed by atoms with Gasteiger partial charge in [0.25, 0.3) is 0 Å². The fraction of sp³-hybridized carbons (Fsp3) is 0.143. The molecule has 1 N–H and O–H groups in total. The zero-order chi connectivity index (χ0) is 15.6. The highest BCUT2D eigenvalue weighted by Gasteiger charge is 2.29. The summed E-state index contributed by atoms with van der Waals surface area (Å²) in [6.45, 7) is 0.291. The molecule has 2 rings (SSSR count). The first-order chi connectivity index (χ1) is 9.77. The van der Waals surface area contributed by atoms with Gasteiger partial charge in [0.2, 0.25) is 0 Å². The molecule has 0 atom stereocenters. The van der Waals surface area contributed by atoms with E-state index in [4.69, 9.17) is 34.8 Å². The first kappa shape index (κ1) is 16.3. The van der Waals surface area contributed by atoms with Crippen LogP contribution in [0.1, 0.15) is 11.1 Å². The lowest BCUT2D eigenvalue weighted by atomic mass is 10.1. The smallest absolute Gasteiger partial charge is 0.379 e. The van der Waals surface area contributed by atoms with Gasteiger partial charge in [-0.25, -0.2) is 0 Å². The summed E-state index contributed by atoms with van der Waals surface area (Å²) in [7, 11) is 0. The zero-order valence-electron chi connectivity index (χ0n) is 10.4. The summed E-state index contributed by atoms with van der Waals surface area (Å²) in [5, 5.41) is 4.08. The Morgan fingerprint density at radius 2 is 1.43 bits per heavy atom. The molecule has 2 aromatic carbocycles. The zero-order valence-corrected chi connectivity index (χ0v) is 12.7. The van der Waals surface area contributed by atoms with E-state index in [1.165, 1.54) is 24.3 Å². The molecule has 1 nitrogen and oxygen atoms in total. The van der Waals surface area contributed by atoms with Crippen LogP contribution in [0.3, 0.4) is 0 Å². The number of hydrogen-bond acceptors (Lipinski definition) is 1. The van der Waals surface area contributed by atoms with Gasteiger partial charge in [0.05, 0.1) is 21.3 Å². The molecule has 0 amide bonds. The van der Waals surface area contributed by atoms with E-state index in [0.717, 1.165) is 12.1 Å². The second-order valence-electron chi connectivity index (χ2n) is 4.29. The van der Waals surface area contributed by atoms with Crippen molar-refractivity contribution in [3.63, 3.8) is 0 Å². The number of hydrogen-bond donors (Lipinski definition) is 1. The predicted molar refractivity (Wildman–Crippen MR) is 80.2 cm³/mol. The van der Waals surface area contributed by atoms with Gasteiger partial charge in [-0.15, -0.1) is 0 Å². The maximum atomic E-state index is 12.5. The summed E-state index contributed by atoms with van der Waals surface area (Å²) in [6, 6.07) is 7.92. The topological polar surface area (TPSA) is 12.0 Å². The lowest BCUT2D eigenvalue weighted by Crippen LogP contribution is -2.06. The van der Waals surface area contributed by atoms with Crippen molar-refractivity contribution in [2.45, 2.75) is 12.7 Å². The molecule has 21 heavy (non-hydrogen) atoms. The summed E-state index contributed by atoms with van der Waals surface area (Å²) in [4.78, 5) is 0. The summed E-state index contributed by atoms with van der Waals surface area (Å²) >= 11 is 17.8. The summed E-state index contributed by atoms with van der Waals surface area (Å²) < 4.78 is 37.4. The van der Waals surface area contributed by atoms with Gasteiger partial charge >= 0.3 is 6.18 Å². The third-order valence-electron chi connectivity index (χ3n) is 2.76. The SMILES string of the molecule is FC(F)(F)c1ccc(CNc2c(Cl)cc(Cl)cc2Cl)cc1. The molecular weight excluding hydrogens is 346 g/mol. The second kappa shape index (κ2) is 6.34. The van der Waals surface area contributed by atoms with Crippen LogP contribution >= 0.6 is 34.8 Å². The Labute approximate surface area is 134 Å². The fourth-order valence-electron chi connectivity index (χ4n) is 1.71. The molecule has 0 aliphatic heterocycles. The van der Waals surface area contributed by atoms with Gasteiger partial charge in [-0.2, -0.15) is 13.2 Å². The number of anilines is 1. The normalized spacial score (nSPS) is 11.5. The van der Waals surface area contributed by atoms with E-state index < -0.39 is 11.7 Å². The van der Waals surface area contributed by atoms with Crippen LogP contribution in [0.5, 0.6) is 0 Å². The molecule has 2 aromatic rings. The molecule has 0 spiro atoms. The van der Waals surface area contributed by atoms with E-state index in [1.807, 2.05) is 0 Å². The van der Waals surface area contributed by atoms with E-state index >= 15 is 0 Å². The molecule has 0 aromatic heterocycles. The van der Waals surface area contributed by atoms with Crippen molar-refractivity contribution in [2.75, 3.05) is 5.32 Å². The quantitative estimate of drug-likeness (QED) is 0.684. The Kier molecular flexibility index (Phi) is 4.91. The Balaban J connectivity index is 2.10. The van der Waals surface area contributed by atoms with Crippen LogP contribution in [0.2, 0.25) is 15.1 Å². The number of alkyl halides is 3. The van der Waals surface area contributed by atoms with E-state index in [-0.39, 0.29) is 0 Å². The highest BCUT2D eigenvalue weighted by molar-refractivity contribution is 6.41. The average molecular weight is 355 g/mol. The van der Waals surface area contributed by atoms with Crippen molar-refractivity contribution < 1.29 is 13.2 Å². The summed E-state index contributed by atoms with van der Waals surface area (Å²) in [5.74, 6) is 0. The van der Waals surface area contributed by atoms with Crippen molar-refractivity contribution >= 4 is 40.5 Å². The van der Waals surface area contributed by atoms with E-state index in [0.29, 0.717) is 32.9 Å². The molecule has 7 heteroatoms. The maximum absolute atomic E-state index is 12.5. The van der Waals surface area contributed by atoms with Gasteiger partial charge in [-0.1, -0.05) is 46.9 Å². The summed E-state index contributed by atoms with van der Waals surface area (Å²) in [5.41, 5.74) is 0.474. The van der Waals surface area contributed by atoms with Crippen LogP contribution in [-0.4, -0.2) is 0 Å². The minimum atomic E-state index is -4.34. The minimum Gasteiger partial charge on any atom is -0.379 e. The lowest BCUT2D eigenvalue weighted by molar-refractivity contribution is -0.137. The molecule has 0 unspecified atom stereocenters. The van der Waals surface area contributed by atoms with Gasteiger partial charge in [-0.3, -0.25) is 0 Å². The highest BCUT2D eigenvalue weighted by atomic mass is 35.5. The number of nitrogens with one attached hydrogen (secondary N) is 1. The molecule has 0 saturated carbocycles. The molecule has 0 bridgehead atoms. The van der Waals surface area contributed by atoms with Crippen molar-refractivity contribution in [3.05, 3.63) is 62.6 Å². The Hall–Kier alpha value is -1.10. The van der Waals surface area contributed by atoms with Crippen molar-refractivity contribution in [2.24, 2.45) is 0 Å². The molecule has 0 saturated heterocycles. The predicted octanol–water partition coefficient (Wildman–Crippen LogP) is 6.28. The third-order valence-corrected chi connectivity index (χ3v) is 3.57. The Morgan fingerprint density at radius 1 is 0.905 bits per heavy atom.